The molecule has 0 aliphatic rings. The molecule has 1 amide bonds. The minimum Gasteiger partial charge on any atom is -0.326 e. The summed E-state index contributed by atoms with van der Waals surface area (Å²) in [6, 6.07) is 28.6. The zero-order chi connectivity index (χ0) is 19.1. The first-order valence-corrected chi connectivity index (χ1v) is 9.67. The van der Waals surface area contributed by atoms with Gasteiger partial charge in [0.1, 0.15) is 0 Å². The van der Waals surface area contributed by atoms with Crippen molar-refractivity contribution < 1.29 is 4.79 Å². The van der Waals surface area contributed by atoms with Crippen LogP contribution in [-0.4, -0.2) is 5.91 Å². The second-order valence-corrected chi connectivity index (χ2v) is 7.02. The van der Waals surface area contributed by atoms with E-state index in [0.717, 1.165) is 23.2 Å². The number of benzene rings is 3. The van der Waals surface area contributed by atoms with Crippen molar-refractivity contribution in [3.8, 4) is 0 Å². The van der Waals surface area contributed by atoms with Crippen LogP contribution in [0.15, 0.2) is 84.9 Å². The summed E-state index contributed by atoms with van der Waals surface area (Å²) in [6.45, 7) is 4.37. The molecular weight excluding hydrogens is 330 g/mol. The molecule has 27 heavy (non-hydrogen) atoms. The maximum atomic E-state index is 12.9. The van der Waals surface area contributed by atoms with Crippen LogP contribution in [0, 0.1) is 0 Å². The first kappa shape index (κ1) is 18.9. The molecule has 2 nitrogen and oxygen atoms in total. The standard InChI is InChI=1S/C25H27NO/c1-3-19(2)22-16-10-11-17-24(22)26-25(27)18-23(20-12-6-4-7-13-20)21-14-8-5-9-15-21/h4-17,19,23H,3,18H2,1-2H3,(H,26,27). The van der Waals surface area contributed by atoms with E-state index in [1.165, 1.54) is 5.56 Å². The Kier molecular flexibility index (Phi) is 6.43. The molecule has 2 heteroatoms. The van der Waals surface area contributed by atoms with E-state index < -0.39 is 0 Å². The summed E-state index contributed by atoms with van der Waals surface area (Å²) < 4.78 is 0. The average molecular weight is 357 g/mol. The number of rotatable bonds is 7. The Balaban J connectivity index is 1.82. The average Bonchev–Trinajstić information content (AvgIpc) is 2.73. The van der Waals surface area contributed by atoms with E-state index in [1.807, 2.05) is 54.6 Å². The normalized spacial score (nSPS) is 12.0. The van der Waals surface area contributed by atoms with Crippen molar-refractivity contribution in [2.75, 3.05) is 5.32 Å². The van der Waals surface area contributed by atoms with Crippen LogP contribution >= 0.6 is 0 Å². The van der Waals surface area contributed by atoms with E-state index in [2.05, 4.69) is 49.5 Å². The third-order valence-corrected chi connectivity index (χ3v) is 5.17. The minimum absolute atomic E-state index is 0.0446. The summed E-state index contributed by atoms with van der Waals surface area (Å²) in [5, 5.41) is 3.16. The summed E-state index contributed by atoms with van der Waals surface area (Å²) in [6.07, 6.45) is 1.46. The number of para-hydroxylation sites is 1. The van der Waals surface area contributed by atoms with E-state index in [1.54, 1.807) is 0 Å². The third-order valence-electron chi connectivity index (χ3n) is 5.17. The number of carbonyl (C=O) groups excluding carboxylic acids is 1. The highest BCUT2D eigenvalue weighted by Gasteiger charge is 2.19. The molecule has 3 aromatic carbocycles. The van der Waals surface area contributed by atoms with Crippen molar-refractivity contribution >= 4 is 11.6 Å². The third kappa shape index (κ3) is 4.85. The molecule has 0 saturated carbocycles. The van der Waals surface area contributed by atoms with Gasteiger partial charge in [0.2, 0.25) is 5.91 Å². The highest BCUT2D eigenvalue weighted by atomic mass is 16.1. The van der Waals surface area contributed by atoms with Crippen LogP contribution in [0.3, 0.4) is 0 Å². The number of carbonyl (C=O) groups is 1. The van der Waals surface area contributed by atoms with Crippen LogP contribution in [0.1, 0.15) is 55.2 Å². The molecule has 0 fully saturated rings. The van der Waals surface area contributed by atoms with Crippen molar-refractivity contribution in [1.82, 2.24) is 0 Å². The molecule has 3 rings (SSSR count). The lowest BCUT2D eigenvalue weighted by Gasteiger charge is -2.20. The maximum absolute atomic E-state index is 12.9. The Morgan fingerprint density at radius 2 is 1.33 bits per heavy atom. The van der Waals surface area contributed by atoms with Gasteiger partial charge in [-0.2, -0.15) is 0 Å². The van der Waals surface area contributed by atoms with Gasteiger partial charge in [-0.3, -0.25) is 4.79 Å². The number of nitrogens with one attached hydrogen (secondary N) is 1. The second kappa shape index (κ2) is 9.18. The maximum Gasteiger partial charge on any atom is 0.225 e. The Hall–Kier alpha value is -2.87. The van der Waals surface area contributed by atoms with Gasteiger partial charge >= 0.3 is 0 Å². The topological polar surface area (TPSA) is 29.1 Å². The summed E-state index contributed by atoms with van der Waals surface area (Å²) in [5.41, 5.74) is 4.45. The Bertz CT molecular complexity index is 818. The fourth-order valence-corrected chi connectivity index (χ4v) is 3.45. The van der Waals surface area contributed by atoms with Crippen LogP contribution in [0.2, 0.25) is 0 Å². The molecule has 0 bridgehead atoms. The lowest BCUT2D eigenvalue weighted by atomic mass is 9.88. The SMILES string of the molecule is CCC(C)c1ccccc1NC(=O)CC(c1ccccc1)c1ccccc1. The van der Waals surface area contributed by atoms with Gasteiger partial charge < -0.3 is 5.32 Å². The highest BCUT2D eigenvalue weighted by Crippen LogP contribution is 2.30. The number of amides is 1. The summed E-state index contributed by atoms with van der Waals surface area (Å²) in [4.78, 5) is 12.9. The predicted molar refractivity (Wildman–Crippen MR) is 113 cm³/mol. The van der Waals surface area contributed by atoms with Gasteiger partial charge in [0.15, 0.2) is 0 Å². The van der Waals surface area contributed by atoms with Crippen LogP contribution in [-0.2, 0) is 4.79 Å². The lowest BCUT2D eigenvalue weighted by molar-refractivity contribution is -0.116. The highest BCUT2D eigenvalue weighted by molar-refractivity contribution is 5.92. The van der Waals surface area contributed by atoms with Crippen molar-refractivity contribution in [1.29, 1.82) is 0 Å². The fourth-order valence-electron chi connectivity index (χ4n) is 3.45. The summed E-state index contributed by atoms with van der Waals surface area (Å²) in [5.74, 6) is 0.507. The Morgan fingerprint density at radius 3 is 1.89 bits per heavy atom. The zero-order valence-electron chi connectivity index (χ0n) is 16.1. The van der Waals surface area contributed by atoms with Gasteiger partial charge in [-0.15, -0.1) is 0 Å². The molecule has 0 aromatic heterocycles. The van der Waals surface area contributed by atoms with Crippen LogP contribution in [0.25, 0.3) is 0 Å². The van der Waals surface area contributed by atoms with Crippen molar-refractivity contribution in [3.63, 3.8) is 0 Å². The quantitative estimate of drug-likeness (QED) is 0.523. The summed E-state index contributed by atoms with van der Waals surface area (Å²) in [7, 11) is 0. The van der Waals surface area contributed by atoms with E-state index >= 15 is 0 Å². The van der Waals surface area contributed by atoms with Crippen molar-refractivity contribution in [2.24, 2.45) is 0 Å². The smallest absolute Gasteiger partial charge is 0.225 e. The number of hydrogen-bond donors (Lipinski definition) is 1. The molecular formula is C25H27NO. The van der Waals surface area contributed by atoms with Gasteiger partial charge in [0.05, 0.1) is 0 Å². The molecule has 0 aliphatic heterocycles. The largest absolute Gasteiger partial charge is 0.326 e. The molecule has 1 unspecified atom stereocenters. The summed E-state index contributed by atoms with van der Waals surface area (Å²) >= 11 is 0. The van der Waals surface area contributed by atoms with Crippen molar-refractivity contribution in [2.45, 2.75) is 38.5 Å². The van der Waals surface area contributed by atoms with Gasteiger partial charge in [0.25, 0.3) is 0 Å². The number of hydrogen-bond acceptors (Lipinski definition) is 1. The van der Waals surface area contributed by atoms with E-state index in [0.29, 0.717) is 12.3 Å². The lowest BCUT2D eigenvalue weighted by Crippen LogP contribution is -2.17. The fraction of sp³-hybridized carbons (Fsp3) is 0.240. The van der Waals surface area contributed by atoms with Gasteiger partial charge in [-0.25, -0.2) is 0 Å². The van der Waals surface area contributed by atoms with Crippen molar-refractivity contribution in [3.05, 3.63) is 102 Å². The second-order valence-electron chi connectivity index (χ2n) is 7.02. The molecule has 0 heterocycles. The predicted octanol–water partition coefficient (Wildman–Crippen LogP) is 6.36. The van der Waals surface area contributed by atoms with Crippen LogP contribution in [0.4, 0.5) is 5.69 Å². The van der Waals surface area contributed by atoms with Crippen LogP contribution in [0.5, 0.6) is 0 Å². The first-order valence-electron chi connectivity index (χ1n) is 9.67. The monoisotopic (exact) mass is 357 g/mol. The molecule has 138 valence electrons. The molecule has 0 radical (unpaired) electrons. The van der Waals surface area contributed by atoms with E-state index in [9.17, 15) is 4.79 Å². The van der Waals surface area contributed by atoms with Gasteiger partial charge in [0, 0.05) is 18.0 Å². The minimum atomic E-state index is 0.0446. The molecule has 0 spiro atoms. The number of anilines is 1. The first-order chi connectivity index (χ1) is 13.2. The van der Waals surface area contributed by atoms with E-state index in [4.69, 9.17) is 0 Å². The molecule has 0 aliphatic carbocycles. The molecule has 3 aromatic rings. The molecule has 0 saturated heterocycles. The van der Waals surface area contributed by atoms with Gasteiger partial charge in [-0.1, -0.05) is 92.7 Å². The van der Waals surface area contributed by atoms with Crippen LogP contribution < -0.4 is 5.32 Å². The Labute approximate surface area is 162 Å². The Morgan fingerprint density at radius 1 is 0.815 bits per heavy atom. The molecule has 1 N–H and O–H groups in total. The van der Waals surface area contributed by atoms with Gasteiger partial charge in [-0.05, 0) is 35.1 Å². The zero-order valence-corrected chi connectivity index (χ0v) is 16.1. The van der Waals surface area contributed by atoms with E-state index in [-0.39, 0.29) is 11.8 Å². The molecule has 1 atom stereocenters.